The average Bonchev–Trinajstić information content (AvgIpc) is 2.11. The topological polar surface area (TPSA) is 52.6 Å². The lowest BCUT2D eigenvalue weighted by atomic mass is 10.2. The van der Waals surface area contributed by atoms with Gasteiger partial charge >= 0.3 is 11.9 Å². The zero-order valence-corrected chi connectivity index (χ0v) is 7.42. The first kappa shape index (κ1) is 10.7. The molecule has 0 aliphatic rings. The molecule has 4 heteroatoms. The molecule has 0 saturated carbocycles. The third-order valence-electron chi connectivity index (χ3n) is 1.22. The highest BCUT2D eigenvalue weighted by molar-refractivity contribution is 6.13. The van der Waals surface area contributed by atoms with Crippen LogP contribution in [-0.2, 0) is 19.1 Å². The summed E-state index contributed by atoms with van der Waals surface area (Å²) in [5.41, 5.74) is -0.0532. The number of ether oxygens (including phenoxy) is 2. The molecule has 0 aromatic heterocycles. The van der Waals surface area contributed by atoms with Crippen molar-refractivity contribution in [3.05, 3.63) is 11.6 Å². The molecule has 0 aromatic rings. The number of methoxy groups -OCH3 is 2. The van der Waals surface area contributed by atoms with Gasteiger partial charge in [-0.15, -0.1) is 0 Å². The van der Waals surface area contributed by atoms with Crippen molar-refractivity contribution in [3.8, 4) is 0 Å². The molecule has 0 amide bonds. The summed E-state index contributed by atoms with van der Waals surface area (Å²) >= 11 is 0. The number of allylic oxidation sites excluding steroid dienone is 1. The Labute approximate surface area is 71.2 Å². The summed E-state index contributed by atoms with van der Waals surface area (Å²) in [6.45, 7) is 1.81. The Balaban J connectivity index is 4.55. The Hall–Kier alpha value is -1.32. The molecule has 0 spiro atoms. The maximum absolute atomic E-state index is 10.9. The first-order valence-corrected chi connectivity index (χ1v) is 3.54. The Morgan fingerprint density at radius 3 is 1.83 bits per heavy atom. The number of esters is 2. The van der Waals surface area contributed by atoms with Gasteiger partial charge in [0.05, 0.1) is 14.2 Å². The first-order chi connectivity index (χ1) is 5.67. The van der Waals surface area contributed by atoms with Crippen LogP contribution in [0.25, 0.3) is 0 Å². The molecule has 0 bridgehead atoms. The van der Waals surface area contributed by atoms with Crippen LogP contribution < -0.4 is 0 Å². The van der Waals surface area contributed by atoms with Gasteiger partial charge in [-0.2, -0.15) is 0 Å². The summed E-state index contributed by atoms with van der Waals surface area (Å²) < 4.78 is 8.76. The van der Waals surface area contributed by atoms with Gasteiger partial charge in [-0.25, -0.2) is 9.59 Å². The predicted octanol–water partition coefficient (Wildman–Crippen LogP) is 0.669. The molecule has 0 fully saturated rings. The summed E-state index contributed by atoms with van der Waals surface area (Å²) in [5, 5.41) is 0. The smallest absolute Gasteiger partial charge is 0.344 e. The molecular formula is C8H12O4. The van der Waals surface area contributed by atoms with E-state index in [1.165, 1.54) is 20.3 Å². The summed E-state index contributed by atoms with van der Waals surface area (Å²) in [6.07, 6.45) is 2.05. The zero-order valence-electron chi connectivity index (χ0n) is 7.42. The highest BCUT2D eigenvalue weighted by atomic mass is 16.5. The van der Waals surface area contributed by atoms with Crippen LogP contribution in [0.3, 0.4) is 0 Å². The number of carbonyl (C=O) groups excluding carboxylic acids is 2. The van der Waals surface area contributed by atoms with E-state index in [4.69, 9.17) is 0 Å². The second kappa shape index (κ2) is 5.35. The largest absolute Gasteiger partial charge is 0.465 e. The van der Waals surface area contributed by atoms with E-state index in [1.807, 2.05) is 6.92 Å². The number of hydrogen-bond acceptors (Lipinski definition) is 4. The quantitative estimate of drug-likeness (QED) is 0.272. The summed E-state index contributed by atoms with van der Waals surface area (Å²) in [4.78, 5) is 21.8. The highest BCUT2D eigenvalue weighted by Crippen LogP contribution is 2.01. The third-order valence-corrected chi connectivity index (χ3v) is 1.22. The van der Waals surface area contributed by atoms with Crippen LogP contribution in [0.4, 0.5) is 0 Å². The summed E-state index contributed by atoms with van der Waals surface area (Å²) in [7, 11) is 2.43. The highest BCUT2D eigenvalue weighted by Gasteiger charge is 2.18. The van der Waals surface area contributed by atoms with E-state index >= 15 is 0 Å². The molecule has 0 radical (unpaired) electrons. The molecule has 0 N–H and O–H groups in total. The van der Waals surface area contributed by atoms with Gasteiger partial charge in [0.25, 0.3) is 0 Å². The SMILES string of the molecule is CCC=C(C(=O)OC)C(=O)OC. The van der Waals surface area contributed by atoms with E-state index in [9.17, 15) is 9.59 Å². The van der Waals surface area contributed by atoms with Gasteiger partial charge in [-0.3, -0.25) is 0 Å². The first-order valence-electron chi connectivity index (χ1n) is 3.54. The minimum absolute atomic E-state index is 0.0532. The van der Waals surface area contributed by atoms with Gasteiger partial charge in [0.2, 0.25) is 0 Å². The van der Waals surface area contributed by atoms with Gasteiger partial charge in [0, 0.05) is 0 Å². The number of rotatable bonds is 3. The van der Waals surface area contributed by atoms with Crippen LogP contribution in [0.5, 0.6) is 0 Å². The minimum Gasteiger partial charge on any atom is -0.465 e. The maximum Gasteiger partial charge on any atom is 0.344 e. The molecule has 0 atom stereocenters. The van der Waals surface area contributed by atoms with Crippen LogP contribution in [0.1, 0.15) is 13.3 Å². The zero-order chi connectivity index (χ0) is 9.56. The molecule has 0 saturated heterocycles. The molecule has 0 aliphatic carbocycles. The van der Waals surface area contributed by atoms with Crippen LogP contribution in [0.2, 0.25) is 0 Å². The average molecular weight is 172 g/mol. The van der Waals surface area contributed by atoms with Crippen molar-refractivity contribution in [2.24, 2.45) is 0 Å². The monoisotopic (exact) mass is 172 g/mol. The van der Waals surface area contributed by atoms with E-state index in [0.29, 0.717) is 6.42 Å². The second-order valence-corrected chi connectivity index (χ2v) is 2.01. The molecule has 12 heavy (non-hydrogen) atoms. The van der Waals surface area contributed by atoms with Crippen molar-refractivity contribution in [1.82, 2.24) is 0 Å². The lowest BCUT2D eigenvalue weighted by Crippen LogP contribution is -2.15. The van der Waals surface area contributed by atoms with Crippen molar-refractivity contribution >= 4 is 11.9 Å². The standard InChI is InChI=1S/C8H12O4/c1-4-5-6(7(9)11-2)8(10)12-3/h5H,4H2,1-3H3. The van der Waals surface area contributed by atoms with Crippen molar-refractivity contribution in [1.29, 1.82) is 0 Å². The van der Waals surface area contributed by atoms with E-state index in [-0.39, 0.29) is 5.57 Å². The predicted molar refractivity (Wildman–Crippen MR) is 42.4 cm³/mol. The molecule has 0 aromatic carbocycles. The third kappa shape index (κ3) is 2.74. The Bertz CT molecular complexity index is 187. The molecule has 4 nitrogen and oxygen atoms in total. The van der Waals surface area contributed by atoms with Gasteiger partial charge in [0.1, 0.15) is 5.57 Å². The van der Waals surface area contributed by atoms with Crippen molar-refractivity contribution in [2.75, 3.05) is 14.2 Å². The fraction of sp³-hybridized carbons (Fsp3) is 0.500. The minimum atomic E-state index is -0.663. The Kier molecular flexibility index (Phi) is 4.76. The van der Waals surface area contributed by atoms with Crippen LogP contribution in [0, 0.1) is 0 Å². The summed E-state index contributed by atoms with van der Waals surface area (Å²) in [6, 6.07) is 0. The molecule has 0 heterocycles. The lowest BCUT2D eigenvalue weighted by molar-refractivity contribution is -0.144. The Morgan fingerprint density at radius 1 is 1.17 bits per heavy atom. The summed E-state index contributed by atoms with van der Waals surface area (Å²) in [5.74, 6) is -1.33. The van der Waals surface area contributed by atoms with E-state index in [0.717, 1.165) is 0 Å². The van der Waals surface area contributed by atoms with Crippen molar-refractivity contribution in [2.45, 2.75) is 13.3 Å². The molecular weight excluding hydrogens is 160 g/mol. The Morgan fingerprint density at radius 2 is 1.58 bits per heavy atom. The molecule has 0 rings (SSSR count). The lowest BCUT2D eigenvalue weighted by Gasteiger charge is -2.01. The van der Waals surface area contributed by atoms with Crippen LogP contribution in [0.15, 0.2) is 11.6 Å². The normalized spacial score (nSPS) is 8.58. The molecule has 68 valence electrons. The second-order valence-electron chi connectivity index (χ2n) is 2.01. The van der Waals surface area contributed by atoms with Crippen LogP contribution >= 0.6 is 0 Å². The van der Waals surface area contributed by atoms with Gasteiger partial charge < -0.3 is 9.47 Å². The van der Waals surface area contributed by atoms with Gasteiger partial charge in [-0.1, -0.05) is 13.0 Å². The fourth-order valence-corrected chi connectivity index (χ4v) is 0.674. The van der Waals surface area contributed by atoms with Gasteiger partial charge in [-0.05, 0) is 6.42 Å². The number of carbonyl (C=O) groups is 2. The van der Waals surface area contributed by atoms with Crippen molar-refractivity contribution in [3.63, 3.8) is 0 Å². The van der Waals surface area contributed by atoms with E-state index < -0.39 is 11.9 Å². The number of hydrogen-bond donors (Lipinski definition) is 0. The van der Waals surface area contributed by atoms with E-state index in [2.05, 4.69) is 9.47 Å². The molecule has 0 unspecified atom stereocenters. The van der Waals surface area contributed by atoms with Crippen LogP contribution in [-0.4, -0.2) is 26.2 Å². The van der Waals surface area contributed by atoms with Gasteiger partial charge in [0.15, 0.2) is 0 Å². The maximum atomic E-state index is 10.9. The van der Waals surface area contributed by atoms with Crippen molar-refractivity contribution < 1.29 is 19.1 Å². The molecule has 0 aliphatic heterocycles. The fourth-order valence-electron chi connectivity index (χ4n) is 0.674. The van der Waals surface area contributed by atoms with E-state index in [1.54, 1.807) is 0 Å².